The zero-order valence-corrected chi connectivity index (χ0v) is 15.0. The van der Waals surface area contributed by atoms with E-state index in [-0.39, 0.29) is 16.6 Å². The van der Waals surface area contributed by atoms with E-state index < -0.39 is 17.0 Å². The van der Waals surface area contributed by atoms with Gasteiger partial charge in [-0.25, -0.2) is 4.39 Å². The van der Waals surface area contributed by atoms with Crippen LogP contribution in [0.4, 0.5) is 22.7 Å². The number of carbonyl (C=O) groups excluding carboxylic acids is 1. The van der Waals surface area contributed by atoms with Gasteiger partial charge in [0.2, 0.25) is 10.1 Å². The SMILES string of the molecule is O=C(c1cc(F)ccc1Br)N1CCN(c2nnc(C(F)(F)F)s2)CC1. The van der Waals surface area contributed by atoms with E-state index >= 15 is 0 Å². The predicted octanol–water partition coefficient (Wildman–Crippen LogP) is 3.42. The van der Waals surface area contributed by atoms with Crippen molar-refractivity contribution in [2.45, 2.75) is 6.18 Å². The van der Waals surface area contributed by atoms with Gasteiger partial charge >= 0.3 is 6.18 Å². The number of aromatic nitrogens is 2. The summed E-state index contributed by atoms with van der Waals surface area (Å²) in [6.45, 7) is 1.24. The van der Waals surface area contributed by atoms with Gasteiger partial charge in [-0.2, -0.15) is 13.2 Å². The van der Waals surface area contributed by atoms with Gasteiger partial charge in [-0.3, -0.25) is 4.79 Å². The number of benzene rings is 1. The summed E-state index contributed by atoms with van der Waals surface area (Å²) >= 11 is 3.69. The lowest BCUT2D eigenvalue weighted by atomic mass is 10.2. The summed E-state index contributed by atoms with van der Waals surface area (Å²) in [7, 11) is 0. The maximum Gasteiger partial charge on any atom is 0.445 e. The van der Waals surface area contributed by atoms with E-state index in [1.165, 1.54) is 17.0 Å². The Kier molecular flexibility index (Phi) is 4.96. The molecule has 1 aromatic heterocycles. The fourth-order valence-electron chi connectivity index (χ4n) is 2.39. The number of alkyl halides is 3. The normalized spacial score (nSPS) is 15.6. The third-order valence-corrected chi connectivity index (χ3v) is 5.37. The third kappa shape index (κ3) is 3.92. The molecule has 2 heterocycles. The van der Waals surface area contributed by atoms with Crippen molar-refractivity contribution in [2.24, 2.45) is 0 Å². The second kappa shape index (κ2) is 6.87. The molecule has 1 saturated heterocycles. The van der Waals surface area contributed by atoms with Gasteiger partial charge in [-0.1, -0.05) is 11.3 Å². The number of hydrogen-bond donors (Lipinski definition) is 0. The number of amides is 1. The Morgan fingerprint density at radius 2 is 1.84 bits per heavy atom. The minimum atomic E-state index is -4.52. The van der Waals surface area contributed by atoms with Crippen LogP contribution in [0.15, 0.2) is 22.7 Å². The fourth-order valence-corrected chi connectivity index (χ4v) is 3.57. The van der Waals surface area contributed by atoms with Crippen LogP contribution in [0, 0.1) is 5.82 Å². The molecule has 3 rings (SSSR count). The molecule has 1 aromatic carbocycles. The van der Waals surface area contributed by atoms with Crippen LogP contribution in [0.25, 0.3) is 0 Å². The van der Waals surface area contributed by atoms with Gasteiger partial charge in [0.25, 0.3) is 5.91 Å². The Morgan fingerprint density at radius 3 is 2.44 bits per heavy atom. The van der Waals surface area contributed by atoms with Crippen molar-refractivity contribution in [3.05, 3.63) is 39.1 Å². The van der Waals surface area contributed by atoms with Gasteiger partial charge in [0.05, 0.1) is 5.56 Å². The van der Waals surface area contributed by atoms with Gasteiger partial charge in [-0.05, 0) is 34.1 Å². The Bertz CT molecular complexity index is 789. The molecule has 0 N–H and O–H groups in total. The summed E-state index contributed by atoms with van der Waals surface area (Å²) in [5.74, 6) is -0.849. The van der Waals surface area contributed by atoms with Crippen LogP contribution < -0.4 is 4.90 Å². The van der Waals surface area contributed by atoms with E-state index in [9.17, 15) is 22.4 Å². The van der Waals surface area contributed by atoms with Crippen LogP contribution >= 0.6 is 27.3 Å². The smallest absolute Gasteiger partial charge is 0.343 e. The Hall–Kier alpha value is -1.75. The van der Waals surface area contributed by atoms with Gasteiger partial charge in [0.1, 0.15) is 5.82 Å². The van der Waals surface area contributed by atoms with Crippen molar-refractivity contribution in [3.8, 4) is 0 Å². The van der Waals surface area contributed by atoms with Crippen LogP contribution in [-0.2, 0) is 6.18 Å². The van der Waals surface area contributed by atoms with Crippen molar-refractivity contribution in [3.63, 3.8) is 0 Å². The first kappa shape index (κ1) is 18.1. The number of hydrogen-bond acceptors (Lipinski definition) is 5. The highest BCUT2D eigenvalue weighted by atomic mass is 79.9. The molecular formula is C14H11BrF4N4OS. The number of anilines is 1. The standard InChI is InChI=1S/C14H11BrF4N4OS/c15-10-2-1-8(16)7-9(10)11(24)22-3-5-23(6-4-22)13-21-20-12(25-13)14(17,18)19/h1-2,7H,3-6H2. The molecule has 11 heteroatoms. The Balaban J connectivity index is 1.66. The van der Waals surface area contributed by atoms with E-state index in [0.717, 1.165) is 6.07 Å². The summed E-state index contributed by atoms with van der Waals surface area (Å²) in [5.41, 5.74) is 0.212. The van der Waals surface area contributed by atoms with E-state index in [1.54, 1.807) is 4.90 Å². The molecule has 0 saturated carbocycles. The topological polar surface area (TPSA) is 49.3 Å². The summed E-state index contributed by atoms with van der Waals surface area (Å²) in [4.78, 5) is 15.7. The molecule has 1 aliphatic heterocycles. The van der Waals surface area contributed by atoms with Crippen molar-refractivity contribution < 1.29 is 22.4 Å². The largest absolute Gasteiger partial charge is 0.445 e. The van der Waals surface area contributed by atoms with Gasteiger partial charge in [0.15, 0.2) is 0 Å². The molecule has 5 nitrogen and oxygen atoms in total. The molecule has 25 heavy (non-hydrogen) atoms. The number of carbonyl (C=O) groups is 1. The summed E-state index contributed by atoms with van der Waals surface area (Å²) < 4.78 is 51.6. The van der Waals surface area contributed by atoms with Crippen LogP contribution in [0.5, 0.6) is 0 Å². The molecule has 1 aliphatic rings. The molecule has 134 valence electrons. The molecule has 0 atom stereocenters. The average Bonchev–Trinajstić information content (AvgIpc) is 3.07. The fraction of sp³-hybridized carbons (Fsp3) is 0.357. The van der Waals surface area contributed by atoms with E-state index in [2.05, 4.69) is 26.1 Å². The molecule has 0 aliphatic carbocycles. The van der Waals surface area contributed by atoms with Crippen molar-refractivity contribution in [1.29, 1.82) is 0 Å². The predicted molar refractivity (Wildman–Crippen MR) is 87.1 cm³/mol. The second-order valence-electron chi connectivity index (χ2n) is 5.29. The number of piperazine rings is 1. The highest BCUT2D eigenvalue weighted by molar-refractivity contribution is 9.10. The second-order valence-corrected chi connectivity index (χ2v) is 7.10. The first-order chi connectivity index (χ1) is 11.8. The van der Waals surface area contributed by atoms with Crippen LogP contribution in [0.2, 0.25) is 0 Å². The quantitative estimate of drug-likeness (QED) is 0.674. The maximum absolute atomic E-state index is 13.4. The third-order valence-electron chi connectivity index (χ3n) is 3.65. The number of rotatable bonds is 2. The van der Waals surface area contributed by atoms with Crippen LogP contribution in [-0.4, -0.2) is 47.2 Å². The minimum absolute atomic E-state index is 0.173. The zero-order valence-electron chi connectivity index (χ0n) is 12.6. The Labute approximate surface area is 152 Å². The van der Waals surface area contributed by atoms with Crippen LogP contribution in [0.1, 0.15) is 15.4 Å². The molecule has 0 spiro atoms. The monoisotopic (exact) mass is 438 g/mol. The molecule has 0 bridgehead atoms. The first-order valence-corrected chi connectivity index (χ1v) is 8.76. The lowest BCUT2D eigenvalue weighted by Crippen LogP contribution is -2.48. The van der Waals surface area contributed by atoms with Crippen molar-refractivity contribution in [2.75, 3.05) is 31.1 Å². The average molecular weight is 439 g/mol. The van der Waals surface area contributed by atoms with Gasteiger partial charge in [-0.15, -0.1) is 10.2 Å². The summed E-state index contributed by atoms with van der Waals surface area (Å²) in [5, 5.41) is 5.91. The molecule has 0 unspecified atom stereocenters. The van der Waals surface area contributed by atoms with Crippen LogP contribution in [0.3, 0.4) is 0 Å². The highest BCUT2D eigenvalue weighted by Crippen LogP contribution is 2.34. The summed E-state index contributed by atoms with van der Waals surface area (Å²) in [6.07, 6.45) is -4.52. The molecule has 1 fully saturated rings. The Morgan fingerprint density at radius 1 is 1.16 bits per heavy atom. The zero-order chi connectivity index (χ0) is 18.2. The lowest BCUT2D eigenvalue weighted by molar-refractivity contribution is -0.138. The number of nitrogens with zero attached hydrogens (tertiary/aromatic N) is 4. The van der Waals surface area contributed by atoms with Crippen molar-refractivity contribution in [1.82, 2.24) is 15.1 Å². The van der Waals surface area contributed by atoms with E-state index in [4.69, 9.17) is 0 Å². The first-order valence-electron chi connectivity index (χ1n) is 7.15. The summed E-state index contributed by atoms with van der Waals surface area (Å²) in [6, 6.07) is 3.85. The number of halogens is 5. The lowest BCUT2D eigenvalue weighted by Gasteiger charge is -2.34. The van der Waals surface area contributed by atoms with E-state index in [1.807, 2.05) is 0 Å². The minimum Gasteiger partial charge on any atom is -0.343 e. The van der Waals surface area contributed by atoms with E-state index in [0.29, 0.717) is 42.0 Å². The van der Waals surface area contributed by atoms with Crippen molar-refractivity contribution >= 4 is 38.3 Å². The highest BCUT2D eigenvalue weighted by Gasteiger charge is 2.36. The maximum atomic E-state index is 13.4. The van der Waals surface area contributed by atoms with Gasteiger partial charge < -0.3 is 9.80 Å². The molecule has 0 radical (unpaired) electrons. The molecular weight excluding hydrogens is 428 g/mol. The molecule has 2 aromatic rings. The molecule has 1 amide bonds. The van der Waals surface area contributed by atoms with Gasteiger partial charge in [0, 0.05) is 30.7 Å².